The fraction of sp³-hybridized carbons (Fsp3) is 0.100. The fourth-order valence-electron chi connectivity index (χ4n) is 2.83. The molecule has 2 aromatic heterocycles. The number of aryl methyl sites for hydroxylation is 1. The predicted octanol–water partition coefficient (Wildman–Crippen LogP) is 4.46. The molecule has 4 rings (SSSR count). The number of nitrogens with zero attached hydrogens (tertiary/aromatic N) is 3. The third-order valence-electron chi connectivity index (χ3n) is 4.07. The zero-order valence-electron chi connectivity index (χ0n) is 13.8. The fourth-order valence-corrected chi connectivity index (χ4v) is 2.83. The number of halogens is 1. The van der Waals surface area contributed by atoms with Crippen LogP contribution in [0.25, 0.3) is 16.8 Å². The summed E-state index contributed by atoms with van der Waals surface area (Å²) in [6, 6.07) is 18.5. The van der Waals surface area contributed by atoms with E-state index >= 15 is 0 Å². The summed E-state index contributed by atoms with van der Waals surface area (Å²) in [6.45, 7) is 2.65. The number of fused-ring (bicyclic) bond motifs is 1. The lowest BCUT2D eigenvalue weighted by molar-refractivity contribution is 0.628. The lowest BCUT2D eigenvalue weighted by Gasteiger charge is -2.10. The third-order valence-corrected chi connectivity index (χ3v) is 4.07. The van der Waals surface area contributed by atoms with Crippen LogP contribution in [-0.2, 0) is 6.54 Å². The van der Waals surface area contributed by atoms with E-state index in [0.717, 1.165) is 28.3 Å². The van der Waals surface area contributed by atoms with Crippen LogP contribution in [0, 0.1) is 12.7 Å². The smallest absolute Gasteiger partial charge is 0.165 e. The van der Waals surface area contributed by atoms with Crippen molar-refractivity contribution in [2.75, 3.05) is 5.32 Å². The molecule has 4 aromatic rings. The van der Waals surface area contributed by atoms with Crippen molar-refractivity contribution in [1.29, 1.82) is 0 Å². The molecule has 4 nitrogen and oxygen atoms in total. The van der Waals surface area contributed by atoms with Crippen molar-refractivity contribution in [3.8, 4) is 11.1 Å². The molecular formula is C20H17FN4. The number of benzene rings is 2. The maximum atomic E-state index is 13.2. The zero-order valence-corrected chi connectivity index (χ0v) is 13.8. The Kier molecular flexibility index (Phi) is 3.90. The number of hydrogen-bond acceptors (Lipinski definition) is 3. The second-order valence-corrected chi connectivity index (χ2v) is 5.92. The summed E-state index contributed by atoms with van der Waals surface area (Å²) in [5, 5.41) is 7.89. The van der Waals surface area contributed by atoms with Crippen LogP contribution in [0.1, 0.15) is 11.3 Å². The summed E-state index contributed by atoms with van der Waals surface area (Å²) in [5.74, 6) is 0.620. The standard InChI is InChI=1S/C20H17FN4/c1-14-11-19(22-12-15-5-3-2-4-6-15)25-20(24-14)18(13-23-25)16-7-9-17(21)10-8-16/h2-11,13,22H,12H2,1H3. The van der Waals surface area contributed by atoms with Gasteiger partial charge in [0.2, 0.25) is 0 Å². The molecule has 0 saturated heterocycles. The Balaban J connectivity index is 1.72. The number of nitrogens with one attached hydrogen (secondary N) is 1. The van der Waals surface area contributed by atoms with E-state index in [-0.39, 0.29) is 5.82 Å². The number of aromatic nitrogens is 3. The van der Waals surface area contributed by atoms with E-state index in [9.17, 15) is 4.39 Å². The van der Waals surface area contributed by atoms with Gasteiger partial charge in [-0.3, -0.25) is 0 Å². The maximum Gasteiger partial charge on any atom is 0.165 e. The van der Waals surface area contributed by atoms with E-state index in [4.69, 9.17) is 0 Å². The molecule has 0 radical (unpaired) electrons. The number of rotatable bonds is 4. The Morgan fingerprint density at radius 3 is 2.56 bits per heavy atom. The van der Waals surface area contributed by atoms with E-state index < -0.39 is 0 Å². The van der Waals surface area contributed by atoms with Gasteiger partial charge in [0.1, 0.15) is 11.6 Å². The summed E-state index contributed by atoms with van der Waals surface area (Å²) < 4.78 is 15.0. The molecule has 0 aliphatic rings. The summed E-state index contributed by atoms with van der Waals surface area (Å²) >= 11 is 0. The van der Waals surface area contributed by atoms with Crippen LogP contribution in [0.5, 0.6) is 0 Å². The maximum absolute atomic E-state index is 13.2. The molecule has 124 valence electrons. The lowest BCUT2D eigenvalue weighted by Crippen LogP contribution is -2.06. The summed E-state index contributed by atoms with van der Waals surface area (Å²) in [6.07, 6.45) is 1.77. The normalized spacial score (nSPS) is 11.0. The van der Waals surface area contributed by atoms with Crippen LogP contribution < -0.4 is 5.32 Å². The first-order chi connectivity index (χ1) is 12.2. The van der Waals surface area contributed by atoms with Crippen LogP contribution in [0.2, 0.25) is 0 Å². The van der Waals surface area contributed by atoms with E-state index in [1.165, 1.54) is 17.7 Å². The highest BCUT2D eigenvalue weighted by molar-refractivity contribution is 5.78. The van der Waals surface area contributed by atoms with Gasteiger partial charge in [0.25, 0.3) is 0 Å². The molecule has 0 aliphatic heterocycles. The summed E-state index contributed by atoms with van der Waals surface area (Å²) in [7, 11) is 0. The molecule has 5 heteroatoms. The lowest BCUT2D eigenvalue weighted by atomic mass is 10.1. The molecule has 0 aliphatic carbocycles. The van der Waals surface area contributed by atoms with Crippen molar-refractivity contribution < 1.29 is 4.39 Å². The van der Waals surface area contributed by atoms with Crippen molar-refractivity contribution in [3.63, 3.8) is 0 Å². The van der Waals surface area contributed by atoms with Crippen molar-refractivity contribution >= 4 is 11.5 Å². The second kappa shape index (κ2) is 6.36. The van der Waals surface area contributed by atoms with E-state index in [1.54, 1.807) is 22.8 Å². The van der Waals surface area contributed by atoms with Gasteiger partial charge < -0.3 is 5.32 Å². The van der Waals surface area contributed by atoms with E-state index in [1.807, 2.05) is 31.2 Å². The molecule has 2 heterocycles. The Bertz CT molecular complexity index is 1010. The Labute approximate surface area is 145 Å². The SMILES string of the molecule is Cc1cc(NCc2ccccc2)n2ncc(-c3ccc(F)cc3)c2n1. The molecule has 0 atom stereocenters. The summed E-state index contributed by atoms with van der Waals surface area (Å²) in [5.41, 5.74) is 4.61. The molecule has 0 spiro atoms. The Hall–Kier alpha value is -3.21. The minimum atomic E-state index is -0.255. The highest BCUT2D eigenvalue weighted by atomic mass is 19.1. The van der Waals surface area contributed by atoms with E-state index in [0.29, 0.717) is 6.54 Å². The monoisotopic (exact) mass is 332 g/mol. The second-order valence-electron chi connectivity index (χ2n) is 5.92. The van der Waals surface area contributed by atoms with Gasteiger partial charge in [-0.2, -0.15) is 9.61 Å². The predicted molar refractivity (Wildman–Crippen MR) is 96.9 cm³/mol. The molecule has 2 aromatic carbocycles. The molecule has 1 N–H and O–H groups in total. The summed E-state index contributed by atoms with van der Waals surface area (Å²) in [4.78, 5) is 4.62. The first-order valence-corrected chi connectivity index (χ1v) is 8.10. The van der Waals surface area contributed by atoms with Crippen LogP contribution in [0.15, 0.2) is 66.9 Å². The molecule has 0 amide bonds. The Morgan fingerprint density at radius 1 is 1.04 bits per heavy atom. The number of anilines is 1. The average molecular weight is 332 g/mol. The van der Waals surface area contributed by atoms with Gasteiger partial charge in [0, 0.05) is 23.9 Å². The van der Waals surface area contributed by atoms with Gasteiger partial charge in [0.15, 0.2) is 5.65 Å². The average Bonchev–Trinajstić information content (AvgIpc) is 3.05. The van der Waals surface area contributed by atoms with Gasteiger partial charge in [-0.05, 0) is 30.2 Å². The number of hydrogen-bond donors (Lipinski definition) is 1. The van der Waals surface area contributed by atoms with Crippen molar-refractivity contribution in [1.82, 2.24) is 14.6 Å². The van der Waals surface area contributed by atoms with Crippen LogP contribution in [0.4, 0.5) is 10.2 Å². The molecule has 0 fully saturated rings. The molecule has 0 unspecified atom stereocenters. The quantitative estimate of drug-likeness (QED) is 0.600. The van der Waals surface area contributed by atoms with Gasteiger partial charge in [-0.1, -0.05) is 42.5 Å². The third kappa shape index (κ3) is 3.08. The molecular weight excluding hydrogens is 315 g/mol. The zero-order chi connectivity index (χ0) is 17.2. The molecule has 0 bridgehead atoms. The first kappa shape index (κ1) is 15.3. The Morgan fingerprint density at radius 2 is 1.80 bits per heavy atom. The van der Waals surface area contributed by atoms with Crippen molar-refractivity contribution in [3.05, 3.63) is 83.9 Å². The van der Waals surface area contributed by atoms with E-state index in [2.05, 4.69) is 27.5 Å². The first-order valence-electron chi connectivity index (χ1n) is 8.10. The highest BCUT2D eigenvalue weighted by Crippen LogP contribution is 2.26. The van der Waals surface area contributed by atoms with Crippen molar-refractivity contribution in [2.45, 2.75) is 13.5 Å². The van der Waals surface area contributed by atoms with Crippen LogP contribution >= 0.6 is 0 Å². The van der Waals surface area contributed by atoms with Crippen LogP contribution in [-0.4, -0.2) is 14.6 Å². The minimum Gasteiger partial charge on any atom is -0.366 e. The minimum absolute atomic E-state index is 0.255. The van der Waals surface area contributed by atoms with Gasteiger partial charge in [0.05, 0.1) is 6.20 Å². The largest absolute Gasteiger partial charge is 0.366 e. The van der Waals surface area contributed by atoms with Crippen molar-refractivity contribution in [2.24, 2.45) is 0 Å². The molecule has 0 saturated carbocycles. The highest BCUT2D eigenvalue weighted by Gasteiger charge is 2.12. The van der Waals surface area contributed by atoms with Crippen LogP contribution in [0.3, 0.4) is 0 Å². The topological polar surface area (TPSA) is 42.2 Å². The molecule has 25 heavy (non-hydrogen) atoms. The van der Waals surface area contributed by atoms with Gasteiger partial charge in [-0.25, -0.2) is 9.37 Å². The van der Waals surface area contributed by atoms with Gasteiger partial charge in [-0.15, -0.1) is 0 Å². The van der Waals surface area contributed by atoms with Gasteiger partial charge >= 0.3 is 0 Å².